The predicted octanol–water partition coefficient (Wildman–Crippen LogP) is 5.84. The summed E-state index contributed by atoms with van der Waals surface area (Å²) in [6, 6.07) is 8.46. The van der Waals surface area contributed by atoms with E-state index in [1.54, 1.807) is 29.6 Å². The fraction of sp³-hybridized carbons (Fsp3) is 0.450. The van der Waals surface area contributed by atoms with Crippen LogP contribution in [0, 0.1) is 0 Å². The Morgan fingerprint density at radius 1 is 1.14 bits per heavy atom. The first-order chi connectivity index (χ1) is 13.5. The number of sulfonamides is 1. The molecule has 2 rings (SSSR count). The Balaban J connectivity index is 1.75. The second kappa shape index (κ2) is 12.1. The average molecular weight is 443 g/mol. The average Bonchev–Trinajstić information content (AvgIpc) is 3.21. The molecule has 0 aliphatic carbocycles. The van der Waals surface area contributed by atoms with Gasteiger partial charge in [0.05, 0.1) is 17.8 Å². The molecule has 154 valence electrons. The van der Waals surface area contributed by atoms with Gasteiger partial charge in [-0.05, 0) is 41.6 Å². The van der Waals surface area contributed by atoms with E-state index in [0.29, 0.717) is 22.9 Å². The molecule has 0 fully saturated rings. The summed E-state index contributed by atoms with van der Waals surface area (Å²) in [5, 5.41) is 5.98. The van der Waals surface area contributed by atoms with Crippen LogP contribution >= 0.6 is 22.9 Å². The third-order valence-electron chi connectivity index (χ3n) is 4.11. The van der Waals surface area contributed by atoms with E-state index in [1.165, 1.54) is 44.4 Å². The highest BCUT2D eigenvalue weighted by molar-refractivity contribution is 7.91. The molecule has 0 atom stereocenters. The van der Waals surface area contributed by atoms with Gasteiger partial charge < -0.3 is 4.74 Å². The van der Waals surface area contributed by atoms with E-state index in [1.807, 2.05) is 0 Å². The van der Waals surface area contributed by atoms with Crippen molar-refractivity contribution < 1.29 is 13.2 Å². The van der Waals surface area contributed by atoms with Gasteiger partial charge in [0.15, 0.2) is 0 Å². The Labute approximate surface area is 176 Å². The molecule has 0 bridgehead atoms. The number of thiophene rings is 1. The molecular weight excluding hydrogens is 416 g/mol. The van der Waals surface area contributed by atoms with Gasteiger partial charge in [0.1, 0.15) is 9.96 Å². The zero-order chi connectivity index (χ0) is 20.2. The second-order valence-corrected chi connectivity index (χ2v) is 9.69. The lowest BCUT2D eigenvalue weighted by atomic mass is 10.1. The first-order valence-corrected chi connectivity index (χ1v) is 12.3. The summed E-state index contributed by atoms with van der Waals surface area (Å²) in [4.78, 5) is 2.19. The minimum absolute atomic E-state index is 0.219. The smallest absolute Gasteiger partial charge is 0.286 e. The highest BCUT2D eigenvalue weighted by Crippen LogP contribution is 2.25. The van der Waals surface area contributed by atoms with E-state index in [2.05, 4.69) is 16.9 Å². The second-order valence-electron chi connectivity index (χ2n) is 6.44. The molecule has 2 aromatic rings. The van der Waals surface area contributed by atoms with Crippen LogP contribution in [0.25, 0.3) is 0 Å². The van der Waals surface area contributed by atoms with Crippen LogP contribution in [0.4, 0.5) is 0 Å². The minimum Gasteiger partial charge on any atom is -0.492 e. The summed E-state index contributed by atoms with van der Waals surface area (Å²) in [5.74, 6) is 0.629. The predicted molar refractivity (Wildman–Crippen MR) is 117 cm³/mol. The molecule has 1 aromatic carbocycles. The molecule has 1 aromatic heterocycles. The molecule has 1 N–H and O–H groups in total. The molecule has 0 saturated heterocycles. The lowest BCUT2D eigenvalue weighted by molar-refractivity contribution is 0.304. The highest BCUT2D eigenvalue weighted by atomic mass is 35.5. The third kappa shape index (κ3) is 7.81. The topological polar surface area (TPSA) is 67.8 Å². The summed E-state index contributed by atoms with van der Waals surface area (Å²) in [7, 11) is -3.62. The van der Waals surface area contributed by atoms with Gasteiger partial charge in [0, 0.05) is 0 Å². The van der Waals surface area contributed by atoms with Crippen LogP contribution < -0.4 is 9.57 Å². The van der Waals surface area contributed by atoms with Crippen LogP contribution in [-0.2, 0) is 10.0 Å². The molecule has 1 heterocycles. The van der Waals surface area contributed by atoms with Crippen molar-refractivity contribution in [2.24, 2.45) is 5.10 Å². The van der Waals surface area contributed by atoms with Gasteiger partial charge in [-0.1, -0.05) is 63.1 Å². The Hall–Kier alpha value is -1.57. The van der Waals surface area contributed by atoms with Gasteiger partial charge in [-0.25, -0.2) is 0 Å². The van der Waals surface area contributed by atoms with Crippen LogP contribution in [0.15, 0.2) is 45.0 Å². The molecule has 0 saturated carbocycles. The Bertz CT molecular complexity index is 837. The third-order valence-corrected chi connectivity index (χ3v) is 7.02. The first kappa shape index (κ1) is 22.7. The molecule has 0 unspecified atom stereocenters. The fourth-order valence-electron chi connectivity index (χ4n) is 2.59. The van der Waals surface area contributed by atoms with E-state index < -0.39 is 10.0 Å². The van der Waals surface area contributed by atoms with Crippen LogP contribution in [0.1, 0.15) is 57.4 Å². The summed E-state index contributed by atoms with van der Waals surface area (Å²) < 4.78 is 29.9. The van der Waals surface area contributed by atoms with Gasteiger partial charge in [-0.3, -0.25) is 0 Å². The zero-order valence-electron chi connectivity index (χ0n) is 16.1. The molecule has 0 spiro atoms. The normalized spacial score (nSPS) is 11.8. The number of nitrogens with one attached hydrogen (secondary N) is 1. The Kier molecular flexibility index (Phi) is 9.81. The maximum absolute atomic E-state index is 12.0. The van der Waals surface area contributed by atoms with Crippen molar-refractivity contribution in [2.45, 2.75) is 56.1 Å². The van der Waals surface area contributed by atoms with Crippen molar-refractivity contribution in [3.63, 3.8) is 0 Å². The lowest BCUT2D eigenvalue weighted by Gasteiger charge is -2.08. The maximum Gasteiger partial charge on any atom is 0.286 e. The quantitative estimate of drug-likeness (QED) is 0.240. The standard InChI is InChI=1S/C20H27ClN2O3S2/c1-2-3-4-5-6-7-8-13-26-19-12-11-17(15-18(19)21)16-22-23-28(24,25)20-10-9-14-27-20/h9-12,14-16,23H,2-8,13H2,1H3/b22-16+. The number of unbranched alkanes of at least 4 members (excludes halogenated alkanes) is 6. The van der Waals surface area contributed by atoms with Crippen LogP contribution in [0.5, 0.6) is 5.75 Å². The van der Waals surface area contributed by atoms with Crippen molar-refractivity contribution in [3.8, 4) is 5.75 Å². The van der Waals surface area contributed by atoms with Crippen molar-refractivity contribution in [1.82, 2.24) is 4.83 Å². The zero-order valence-corrected chi connectivity index (χ0v) is 18.5. The molecular formula is C20H27ClN2O3S2. The number of benzene rings is 1. The fourth-order valence-corrected chi connectivity index (χ4v) is 4.60. The highest BCUT2D eigenvalue weighted by Gasteiger charge is 2.13. The molecule has 8 heteroatoms. The number of halogens is 1. The molecule has 28 heavy (non-hydrogen) atoms. The van der Waals surface area contributed by atoms with E-state index in [4.69, 9.17) is 16.3 Å². The minimum atomic E-state index is -3.62. The Morgan fingerprint density at radius 2 is 1.89 bits per heavy atom. The van der Waals surface area contributed by atoms with Crippen molar-refractivity contribution in [2.75, 3.05) is 6.61 Å². The number of hydrogen-bond acceptors (Lipinski definition) is 5. The molecule has 0 aliphatic rings. The molecule has 5 nitrogen and oxygen atoms in total. The van der Waals surface area contributed by atoms with E-state index in [0.717, 1.165) is 24.2 Å². The van der Waals surface area contributed by atoms with Crippen molar-refractivity contribution >= 4 is 39.2 Å². The van der Waals surface area contributed by atoms with E-state index in [9.17, 15) is 8.42 Å². The molecule has 0 aliphatic heterocycles. The molecule has 0 radical (unpaired) electrons. The van der Waals surface area contributed by atoms with Gasteiger partial charge in [-0.2, -0.15) is 18.4 Å². The van der Waals surface area contributed by atoms with Crippen LogP contribution in [0.3, 0.4) is 0 Å². The number of hydrazone groups is 1. The first-order valence-electron chi connectivity index (χ1n) is 9.53. The number of hydrogen-bond donors (Lipinski definition) is 1. The summed E-state index contributed by atoms with van der Waals surface area (Å²) in [5.41, 5.74) is 0.683. The number of nitrogens with zero attached hydrogens (tertiary/aromatic N) is 1. The largest absolute Gasteiger partial charge is 0.492 e. The SMILES string of the molecule is CCCCCCCCCOc1ccc(/C=N/NS(=O)(=O)c2cccs2)cc1Cl. The summed E-state index contributed by atoms with van der Waals surface area (Å²) in [6.45, 7) is 2.86. The van der Waals surface area contributed by atoms with Crippen molar-refractivity contribution in [3.05, 3.63) is 46.3 Å². The van der Waals surface area contributed by atoms with Gasteiger partial charge in [0.2, 0.25) is 0 Å². The van der Waals surface area contributed by atoms with E-state index >= 15 is 0 Å². The van der Waals surface area contributed by atoms with Gasteiger partial charge >= 0.3 is 0 Å². The van der Waals surface area contributed by atoms with Gasteiger partial charge in [-0.15, -0.1) is 11.3 Å². The Morgan fingerprint density at radius 3 is 2.57 bits per heavy atom. The van der Waals surface area contributed by atoms with Crippen LogP contribution in [-0.4, -0.2) is 21.2 Å². The maximum atomic E-state index is 12.0. The molecule has 0 amide bonds. The van der Waals surface area contributed by atoms with Crippen LogP contribution in [0.2, 0.25) is 5.02 Å². The van der Waals surface area contributed by atoms with Gasteiger partial charge in [0.25, 0.3) is 10.0 Å². The van der Waals surface area contributed by atoms with E-state index in [-0.39, 0.29) is 4.21 Å². The summed E-state index contributed by atoms with van der Waals surface area (Å²) >= 11 is 7.39. The lowest BCUT2D eigenvalue weighted by Crippen LogP contribution is -2.17. The monoisotopic (exact) mass is 442 g/mol. The summed E-state index contributed by atoms with van der Waals surface area (Å²) in [6.07, 6.45) is 10.0. The number of rotatable bonds is 13. The van der Waals surface area contributed by atoms with Crippen molar-refractivity contribution in [1.29, 1.82) is 0 Å². The number of ether oxygens (including phenoxy) is 1.